The Kier molecular flexibility index (Phi) is 4.47. The Hall–Kier alpha value is -2.12. The Labute approximate surface area is 141 Å². The van der Waals surface area contributed by atoms with Crippen LogP contribution in [0, 0.1) is 0 Å². The summed E-state index contributed by atoms with van der Waals surface area (Å²) in [5.41, 5.74) is 5.37. The molecule has 1 aliphatic heterocycles. The van der Waals surface area contributed by atoms with Crippen LogP contribution < -0.4 is 10.5 Å². The second-order valence-corrected chi connectivity index (χ2v) is 7.58. The van der Waals surface area contributed by atoms with Gasteiger partial charge in [0, 0.05) is 17.3 Å². The molecule has 6 nitrogen and oxygen atoms in total. The van der Waals surface area contributed by atoms with Crippen LogP contribution in [-0.4, -0.2) is 37.8 Å². The summed E-state index contributed by atoms with van der Waals surface area (Å²) in [7, 11) is -3.81. The highest BCUT2D eigenvalue weighted by atomic mass is 32.2. The number of nitrogens with two attached hydrogens (primary N) is 1. The van der Waals surface area contributed by atoms with E-state index in [-0.39, 0.29) is 4.90 Å². The number of nitrogens with zero attached hydrogens (tertiary/aromatic N) is 1. The van der Waals surface area contributed by atoms with Crippen LogP contribution in [-0.2, 0) is 14.8 Å². The van der Waals surface area contributed by atoms with E-state index in [1.165, 1.54) is 4.31 Å². The van der Waals surface area contributed by atoms with Gasteiger partial charge in [0.15, 0.2) is 0 Å². The Bertz CT molecular complexity index is 879. The van der Waals surface area contributed by atoms with Crippen LogP contribution in [0.4, 0.5) is 0 Å². The summed E-state index contributed by atoms with van der Waals surface area (Å²) < 4.78 is 33.0. The number of amides is 1. The summed E-state index contributed by atoms with van der Waals surface area (Å²) >= 11 is 0. The number of carbonyl (C=O) groups is 1. The first-order valence-corrected chi connectivity index (χ1v) is 9.36. The molecule has 1 heterocycles. The molecule has 1 fully saturated rings. The van der Waals surface area contributed by atoms with Crippen molar-refractivity contribution in [2.75, 3.05) is 13.2 Å². The number of fused-ring (bicyclic) bond motifs is 1. The van der Waals surface area contributed by atoms with Crippen molar-refractivity contribution in [3.63, 3.8) is 0 Å². The molecule has 1 aliphatic rings. The maximum atomic E-state index is 13.1. The normalized spacial score (nSPS) is 18.8. The topological polar surface area (TPSA) is 89.7 Å². The van der Waals surface area contributed by atoms with E-state index in [0.717, 1.165) is 5.39 Å². The maximum absolute atomic E-state index is 13.1. The van der Waals surface area contributed by atoms with Crippen LogP contribution in [0.15, 0.2) is 41.3 Å². The molecule has 2 N–H and O–H groups in total. The lowest BCUT2D eigenvalue weighted by Gasteiger charge is -2.23. The van der Waals surface area contributed by atoms with Gasteiger partial charge < -0.3 is 10.5 Å². The highest BCUT2D eigenvalue weighted by Gasteiger charge is 2.39. The molecule has 2 aromatic rings. The third kappa shape index (κ3) is 2.74. The van der Waals surface area contributed by atoms with Crippen molar-refractivity contribution in [2.45, 2.75) is 30.7 Å². The maximum Gasteiger partial charge on any atom is 0.244 e. The molecule has 3 rings (SSSR count). The molecule has 128 valence electrons. The fourth-order valence-electron chi connectivity index (χ4n) is 3.19. The summed E-state index contributed by atoms with van der Waals surface area (Å²) in [4.78, 5) is 11.8. The smallest absolute Gasteiger partial charge is 0.244 e. The number of sulfonamides is 1. The van der Waals surface area contributed by atoms with Gasteiger partial charge in [-0.1, -0.05) is 24.3 Å². The van der Waals surface area contributed by atoms with Gasteiger partial charge in [0.25, 0.3) is 0 Å². The van der Waals surface area contributed by atoms with E-state index < -0.39 is 22.0 Å². The Morgan fingerprint density at radius 1 is 1.25 bits per heavy atom. The zero-order chi connectivity index (χ0) is 17.3. The minimum Gasteiger partial charge on any atom is -0.493 e. The molecule has 7 heteroatoms. The zero-order valence-electron chi connectivity index (χ0n) is 13.4. The Balaban J connectivity index is 2.15. The fraction of sp³-hybridized carbons (Fsp3) is 0.353. The minimum absolute atomic E-state index is 0.176. The molecule has 0 saturated carbocycles. The first kappa shape index (κ1) is 16.7. The Morgan fingerprint density at radius 3 is 2.62 bits per heavy atom. The van der Waals surface area contributed by atoms with Gasteiger partial charge in [0.05, 0.1) is 11.5 Å². The van der Waals surface area contributed by atoms with Crippen molar-refractivity contribution in [3.8, 4) is 5.75 Å². The highest BCUT2D eigenvalue weighted by molar-refractivity contribution is 7.89. The molecule has 1 atom stereocenters. The number of carbonyl (C=O) groups excluding carboxylic acids is 1. The van der Waals surface area contributed by atoms with Crippen molar-refractivity contribution in [1.29, 1.82) is 0 Å². The highest BCUT2D eigenvalue weighted by Crippen LogP contribution is 2.34. The van der Waals surface area contributed by atoms with Crippen LogP contribution in [0.2, 0.25) is 0 Å². The molecule has 0 bridgehead atoms. The van der Waals surface area contributed by atoms with E-state index in [1.807, 2.05) is 19.1 Å². The number of hydrogen-bond acceptors (Lipinski definition) is 4. The summed E-state index contributed by atoms with van der Waals surface area (Å²) in [6.45, 7) is 2.67. The molecule has 0 aromatic heterocycles. The number of primary amides is 1. The van der Waals surface area contributed by atoms with E-state index in [0.29, 0.717) is 37.1 Å². The van der Waals surface area contributed by atoms with E-state index in [1.54, 1.807) is 24.3 Å². The van der Waals surface area contributed by atoms with Crippen molar-refractivity contribution in [3.05, 3.63) is 36.4 Å². The predicted molar refractivity (Wildman–Crippen MR) is 91.2 cm³/mol. The Morgan fingerprint density at radius 2 is 1.96 bits per heavy atom. The molecular weight excluding hydrogens is 328 g/mol. The van der Waals surface area contributed by atoms with Gasteiger partial charge in [-0.2, -0.15) is 4.31 Å². The van der Waals surface area contributed by atoms with Crippen molar-refractivity contribution in [2.24, 2.45) is 5.73 Å². The van der Waals surface area contributed by atoms with Gasteiger partial charge in [-0.15, -0.1) is 0 Å². The van der Waals surface area contributed by atoms with Gasteiger partial charge in [0.2, 0.25) is 15.9 Å². The molecule has 0 spiro atoms. The van der Waals surface area contributed by atoms with Crippen LogP contribution >= 0.6 is 0 Å². The van der Waals surface area contributed by atoms with Gasteiger partial charge in [-0.05, 0) is 31.9 Å². The lowest BCUT2D eigenvalue weighted by molar-refractivity contribution is -0.121. The fourth-order valence-corrected chi connectivity index (χ4v) is 5.05. The summed E-state index contributed by atoms with van der Waals surface area (Å²) in [6.07, 6.45) is 1.09. The second kappa shape index (κ2) is 6.41. The zero-order valence-corrected chi connectivity index (χ0v) is 14.3. The predicted octanol–water partition coefficient (Wildman–Crippen LogP) is 1.88. The summed E-state index contributed by atoms with van der Waals surface area (Å²) in [6, 6.07) is 9.62. The van der Waals surface area contributed by atoms with Gasteiger partial charge >= 0.3 is 0 Å². The third-order valence-corrected chi connectivity index (χ3v) is 6.23. The molecule has 0 aliphatic carbocycles. The number of rotatable bonds is 5. The lowest BCUT2D eigenvalue weighted by atomic mass is 10.1. The quantitative estimate of drug-likeness (QED) is 0.893. The first-order valence-electron chi connectivity index (χ1n) is 7.92. The summed E-state index contributed by atoms with van der Waals surface area (Å²) in [5.74, 6) is 0.0336. The molecule has 0 radical (unpaired) electrons. The van der Waals surface area contributed by atoms with Gasteiger partial charge in [0.1, 0.15) is 11.8 Å². The molecule has 1 unspecified atom stereocenters. The monoisotopic (exact) mass is 348 g/mol. The largest absolute Gasteiger partial charge is 0.493 e. The van der Waals surface area contributed by atoms with E-state index >= 15 is 0 Å². The van der Waals surface area contributed by atoms with Crippen LogP contribution in [0.5, 0.6) is 5.75 Å². The molecular formula is C17H20N2O4S. The van der Waals surface area contributed by atoms with Crippen molar-refractivity contribution >= 4 is 26.7 Å². The molecule has 2 aromatic carbocycles. The standard InChI is InChI=1S/C17H20N2O4S/c1-2-23-15-9-10-16(13-7-4-3-6-12(13)15)24(21,22)19-11-5-8-14(19)17(18)20/h3-4,6-7,9-10,14H,2,5,8,11H2,1H3,(H2,18,20). The number of ether oxygens (including phenoxy) is 1. The summed E-state index contributed by atoms with van der Waals surface area (Å²) in [5, 5.41) is 1.31. The van der Waals surface area contributed by atoms with Gasteiger partial charge in [-0.25, -0.2) is 8.42 Å². The molecule has 24 heavy (non-hydrogen) atoms. The number of benzene rings is 2. The van der Waals surface area contributed by atoms with Crippen LogP contribution in [0.25, 0.3) is 10.8 Å². The lowest BCUT2D eigenvalue weighted by Crippen LogP contribution is -2.43. The number of hydrogen-bond donors (Lipinski definition) is 1. The second-order valence-electron chi connectivity index (χ2n) is 5.72. The molecule has 1 amide bonds. The molecule has 1 saturated heterocycles. The van der Waals surface area contributed by atoms with Gasteiger partial charge in [-0.3, -0.25) is 4.79 Å². The average Bonchev–Trinajstić information content (AvgIpc) is 3.06. The third-order valence-electron chi connectivity index (χ3n) is 4.26. The van der Waals surface area contributed by atoms with E-state index in [9.17, 15) is 13.2 Å². The van der Waals surface area contributed by atoms with Crippen molar-refractivity contribution in [1.82, 2.24) is 4.31 Å². The minimum atomic E-state index is -3.81. The average molecular weight is 348 g/mol. The first-order chi connectivity index (χ1) is 11.5. The van der Waals surface area contributed by atoms with Crippen molar-refractivity contribution < 1.29 is 17.9 Å². The van der Waals surface area contributed by atoms with Crippen LogP contribution in [0.1, 0.15) is 19.8 Å². The van der Waals surface area contributed by atoms with E-state index in [2.05, 4.69) is 0 Å². The van der Waals surface area contributed by atoms with Crippen LogP contribution in [0.3, 0.4) is 0 Å². The SMILES string of the molecule is CCOc1ccc(S(=O)(=O)N2CCCC2C(N)=O)c2ccccc12. The van der Waals surface area contributed by atoms with E-state index in [4.69, 9.17) is 10.5 Å².